The van der Waals surface area contributed by atoms with Crippen LogP contribution in [0.1, 0.15) is 48.1 Å². The SMILES string of the molecule is Clc1cc2c(c(C(Br)CCC3CCCCO3)c1)OCC2. The molecule has 0 radical (unpaired) electrons. The van der Waals surface area contributed by atoms with Gasteiger partial charge in [-0.1, -0.05) is 27.5 Å². The highest BCUT2D eigenvalue weighted by atomic mass is 79.9. The van der Waals surface area contributed by atoms with Gasteiger partial charge in [0.05, 0.1) is 12.7 Å². The third-order valence-corrected chi connectivity index (χ3v) is 5.30. The second-order valence-corrected chi connectivity index (χ2v) is 7.16. The quantitative estimate of drug-likeness (QED) is 0.700. The molecule has 2 nitrogen and oxygen atoms in total. The van der Waals surface area contributed by atoms with E-state index in [1.54, 1.807) is 0 Å². The fourth-order valence-corrected chi connectivity index (χ4v) is 3.91. The molecule has 1 fully saturated rings. The van der Waals surface area contributed by atoms with Crippen LogP contribution >= 0.6 is 27.5 Å². The topological polar surface area (TPSA) is 18.5 Å². The number of alkyl halides is 1. The Labute approximate surface area is 133 Å². The molecule has 1 aromatic rings. The predicted molar refractivity (Wildman–Crippen MR) is 85.1 cm³/mol. The summed E-state index contributed by atoms with van der Waals surface area (Å²) < 4.78 is 11.6. The average molecular weight is 360 g/mol. The molecule has 1 aromatic carbocycles. The van der Waals surface area contributed by atoms with Crippen molar-refractivity contribution in [3.8, 4) is 5.75 Å². The van der Waals surface area contributed by atoms with E-state index in [1.807, 2.05) is 12.1 Å². The molecule has 4 heteroatoms. The molecule has 3 rings (SSSR count). The van der Waals surface area contributed by atoms with Crippen LogP contribution in [0.15, 0.2) is 12.1 Å². The van der Waals surface area contributed by atoms with Gasteiger partial charge in [-0.2, -0.15) is 0 Å². The van der Waals surface area contributed by atoms with Gasteiger partial charge in [0, 0.05) is 28.4 Å². The Balaban J connectivity index is 1.66. The van der Waals surface area contributed by atoms with Crippen LogP contribution < -0.4 is 4.74 Å². The number of halogens is 2. The Morgan fingerprint density at radius 1 is 1.30 bits per heavy atom. The van der Waals surface area contributed by atoms with Crippen LogP contribution in [-0.2, 0) is 11.2 Å². The lowest BCUT2D eigenvalue weighted by atomic mass is 9.99. The summed E-state index contributed by atoms with van der Waals surface area (Å²) in [6.07, 6.45) is 7.25. The number of ether oxygens (including phenoxy) is 2. The van der Waals surface area contributed by atoms with Crippen molar-refractivity contribution in [1.29, 1.82) is 0 Å². The van der Waals surface area contributed by atoms with Crippen LogP contribution in [0, 0.1) is 0 Å². The molecular formula is C16H20BrClO2. The molecule has 0 amide bonds. The first-order valence-electron chi connectivity index (χ1n) is 7.45. The highest BCUT2D eigenvalue weighted by Gasteiger charge is 2.23. The fourth-order valence-electron chi connectivity index (χ4n) is 3.05. The minimum absolute atomic E-state index is 0.290. The Kier molecular flexibility index (Phi) is 4.90. The smallest absolute Gasteiger partial charge is 0.127 e. The summed E-state index contributed by atoms with van der Waals surface area (Å²) in [4.78, 5) is 0.290. The second kappa shape index (κ2) is 6.67. The maximum absolute atomic E-state index is 6.22. The standard InChI is InChI=1S/C16H20BrClO2/c17-15(5-4-13-3-1-2-7-19-13)14-10-12(18)9-11-6-8-20-16(11)14/h9-10,13,15H,1-8H2. The van der Waals surface area contributed by atoms with Gasteiger partial charge in [-0.05, 0) is 49.8 Å². The first-order chi connectivity index (χ1) is 9.74. The fraction of sp³-hybridized carbons (Fsp3) is 0.625. The summed E-state index contributed by atoms with van der Waals surface area (Å²) in [5.41, 5.74) is 2.44. The van der Waals surface area contributed by atoms with E-state index in [-0.39, 0.29) is 0 Å². The molecule has 0 spiro atoms. The van der Waals surface area contributed by atoms with Crippen molar-refractivity contribution in [3.05, 3.63) is 28.3 Å². The number of rotatable bonds is 4. The molecule has 110 valence electrons. The maximum Gasteiger partial charge on any atom is 0.127 e. The zero-order valence-corrected chi connectivity index (χ0v) is 13.9. The van der Waals surface area contributed by atoms with Crippen molar-refractivity contribution in [2.45, 2.75) is 49.5 Å². The van der Waals surface area contributed by atoms with Crippen molar-refractivity contribution < 1.29 is 9.47 Å². The minimum atomic E-state index is 0.290. The molecule has 2 aliphatic rings. The summed E-state index contributed by atoms with van der Waals surface area (Å²) in [6, 6.07) is 4.06. The molecule has 0 N–H and O–H groups in total. The van der Waals surface area contributed by atoms with Crippen molar-refractivity contribution >= 4 is 27.5 Å². The third-order valence-electron chi connectivity index (χ3n) is 4.13. The van der Waals surface area contributed by atoms with Gasteiger partial charge in [0.2, 0.25) is 0 Å². The lowest BCUT2D eigenvalue weighted by molar-refractivity contribution is 0.0101. The van der Waals surface area contributed by atoms with Crippen LogP contribution in [-0.4, -0.2) is 19.3 Å². The molecule has 2 unspecified atom stereocenters. The van der Waals surface area contributed by atoms with E-state index in [9.17, 15) is 0 Å². The molecular weight excluding hydrogens is 340 g/mol. The van der Waals surface area contributed by atoms with Crippen molar-refractivity contribution in [1.82, 2.24) is 0 Å². The Morgan fingerprint density at radius 2 is 2.20 bits per heavy atom. The summed E-state index contributed by atoms with van der Waals surface area (Å²) in [6.45, 7) is 1.70. The first-order valence-corrected chi connectivity index (χ1v) is 8.74. The van der Waals surface area contributed by atoms with Crippen LogP contribution in [0.3, 0.4) is 0 Å². The normalized spacial score (nSPS) is 23.2. The van der Waals surface area contributed by atoms with Gasteiger partial charge >= 0.3 is 0 Å². The number of hydrogen-bond donors (Lipinski definition) is 0. The van der Waals surface area contributed by atoms with Crippen molar-refractivity contribution in [3.63, 3.8) is 0 Å². The van der Waals surface area contributed by atoms with Gasteiger partial charge in [0.1, 0.15) is 5.75 Å². The number of benzene rings is 1. The molecule has 0 bridgehead atoms. The highest BCUT2D eigenvalue weighted by Crippen LogP contribution is 2.41. The van der Waals surface area contributed by atoms with E-state index in [2.05, 4.69) is 15.9 Å². The third kappa shape index (κ3) is 3.32. The zero-order valence-electron chi connectivity index (χ0n) is 11.5. The van der Waals surface area contributed by atoms with Gasteiger partial charge in [-0.25, -0.2) is 0 Å². The molecule has 2 heterocycles. The molecule has 2 atom stereocenters. The van der Waals surface area contributed by atoms with Crippen LogP contribution in [0.5, 0.6) is 5.75 Å². The van der Waals surface area contributed by atoms with E-state index in [0.717, 1.165) is 43.2 Å². The van der Waals surface area contributed by atoms with E-state index in [1.165, 1.54) is 30.4 Å². The minimum Gasteiger partial charge on any atom is -0.493 e. The second-order valence-electron chi connectivity index (χ2n) is 5.62. The predicted octanol–water partition coefficient (Wildman–Crippen LogP) is 5.06. The lowest BCUT2D eigenvalue weighted by Crippen LogP contribution is -2.19. The molecule has 0 saturated carbocycles. The Bertz CT molecular complexity index is 472. The summed E-state index contributed by atoms with van der Waals surface area (Å²) in [5, 5.41) is 0.808. The van der Waals surface area contributed by atoms with Crippen LogP contribution in [0.4, 0.5) is 0 Å². The summed E-state index contributed by atoms with van der Waals surface area (Å²) >= 11 is 10.0. The lowest BCUT2D eigenvalue weighted by Gasteiger charge is -2.24. The first kappa shape index (κ1) is 14.7. The Hall–Kier alpha value is -0.250. The zero-order chi connectivity index (χ0) is 13.9. The summed E-state index contributed by atoms with van der Waals surface area (Å²) in [5.74, 6) is 1.04. The average Bonchev–Trinajstić information content (AvgIpc) is 2.93. The molecule has 20 heavy (non-hydrogen) atoms. The van der Waals surface area contributed by atoms with E-state index in [0.29, 0.717) is 10.9 Å². The monoisotopic (exact) mass is 358 g/mol. The van der Waals surface area contributed by atoms with Gasteiger partial charge < -0.3 is 9.47 Å². The molecule has 2 aliphatic heterocycles. The maximum atomic E-state index is 6.22. The van der Waals surface area contributed by atoms with Gasteiger partial charge in [0.25, 0.3) is 0 Å². The van der Waals surface area contributed by atoms with Crippen LogP contribution in [0.25, 0.3) is 0 Å². The van der Waals surface area contributed by atoms with E-state index >= 15 is 0 Å². The van der Waals surface area contributed by atoms with Crippen LogP contribution in [0.2, 0.25) is 5.02 Å². The number of fused-ring (bicyclic) bond motifs is 1. The molecule has 0 aromatic heterocycles. The summed E-state index contributed by atoms with van der Waals surface area (Å²) in [7, 11) is 0. The number of hydrogen-bond acceptors (Lipinski definition) is 2. The van der Waals surface area contributed by atoms with E-state index < -0.39 is 0 Å². The largest absolute Gasteiger partial charge is 0.493 e. The Morgan fingerprint density at radius 3 is 3.00 bits per heavy atom. The van der Waals surface area contributed by atoms with Gasteiger partial charge in [-0.3, -0.25) is 0 Å². The van der Waals surface area contributed by atoms with Gasteiger partial charge in [0.15, 0.2) is 0 Å². The van der Waals surface area contributed by atoms with Gasteiger partial charge in [-0.15, -0.1) is 0 Å². The van der Waals surface area contributed by atoms with Crippen molar-refractivity contribution in [2.24, 2.45) is 0 Å². The molecule has 1 saturated heterocycles. The highest BCUT2D eigenvalue weighted by molar-refractivity contribution is 9.09. The van der Waals surface area contributed by atoms with Crippen molar-refractivity contribution in [2.75, 3.05) is 13.2 Å². The van der Waals surface area contributed by atoms with E-state index in [4.69, 9.17) is 21.1 Å². The molecule has 0 aliphatic carbocycles.